The third-order valence-electron chi connectivity index (χ3n) is 2.28. The van der Waals surface area contributed by atoms with Gasteiger partial charge in [-0.05, 0) is 12.3 Å². The highest BCUT2D eigenvalue weighted by molar-refractivity contribution is 8.01. The molecule has 2 nitrogen and oxygen atoms in total. The Hall–Kier alpha value is -0.440. The predicted molar refractivity (Wildman–Crippen MR) is 44.7 cm³/mol. The van der Waals surface area contributed by atoms with Crippen molar-refractivity contribution in [2.75, 3.05) is 0 Å². The van der Waals surface area contributed by atoms with Gasteiger partial charge in [0.2, 0.25) is 0 Å². The molecule has 0 aromatic rings. The zero-order chi connectivity index (χ0) is 7.84. The minimum atomic E-state index is -0.656. The van der Waals surface area contributed by atoms with Crippen LogP contribution in [-0.4, -0.2) is 21.6 Å². The zero-order valence-electron chi connectivity index (χ0n) is 6.06. The average Bonchev–Trinajstić information content (AvgIpc) is 2.45. The van der Waals surface area contributed by atoms with Gasteiger partial charge in [-0.2, -0.15) is 0 Å². The highest BCUT2D eigenvalue weighted by atomic mass is 32.2. The number of hydrogen-bond acceptors (Lipinski definition) is 2. The van der Waals surface area contributed by atoms with Gasteiger partial charge in [0.1, 0.15) is 0 Å². The van der Waals surface area contributed by atoms with E-state index < -0.39 is 5.97 Å². The van der Waals surface area contributed by atoms with Crippen molar-refractivity contribution in [2.24, 2.45) is 5.92 Å². The van der Waals surface area contributed by atoms with Gasteiger partial charge in [0.15, 0.2) is 0 Å². The molecule has 1 fully saturated rings. The van der Waals surface area contributed by atoms with Gasteiger partial charge in [-0.15, -0.1) is 11.8 Å². The minimum absolute atomic E-state index is 0.346. The molecule has 3 atom stereocenters. The molecule has 1 N–H and O–H groups in total. The number of carboxylic acids is 1. The molecule has 0 spiro atoms. The molecule has 0 radical (unpaired) electrons. The first-order valence-electron chi connectivity index (χ1n) is 3.81. The van der Waals surface area contributed by atoms with Crippen LogP contribution < -0.4 is 0 Å². The van der Waals surface area contributed by atoms with Gasteiger partial charge in [0.25, 0.3) is 0 Å². The van der Waals surface area contributed by atoms with Crippen LogP contribution in [0, 0.1) is 5.92 Å². The maximum atomic E-state index is 10.4. The minimum Gasteiger partial charge on any atom is -0.481 e. The van der Waals surface area contributed by atoms with Crippen molar-refractivity contribution >= 4 is 17.7 Å². The molecule has 0 amide bonds. The van der Waals surface area contributed by atoms with E-state index in [4.69, 9.17) is 5.11 Å². The Labute approximate surface area is 69.7 Å². The van der Waals surface area contributed by atoms with Gasteiger partial charge in [0, 0.05) is 16.9 Å². The molecule has 2 heterocycles. The summed E-state index contributed by atoms with van der Waals surface area (Å²) in [4.78, 5) is 10.4. The Kier molecular flexibility index (Phi) is 1.68. The van der Waals surface area contributed by atoms with Crippen molar-refractivity contribution in [3.8, 4) is 0 Å². The molecule has 2 aliphatic rings. The summed E-state index contributed by atoms with van der Waals surface area (Å²) in [5, 5.41) is 9.68. The Morgan fingerprint density at radius 3 is 2.91 bits per heavy atom. The third kappa shape index (κ3) is 1.29. The number of thioether (sulfide) groups is 1. The van der Waals surface area contributed by atoms with E-state index in [1.165, 1.54) is 0 Å². The first kappa shape index (κ1) is 7.22. The molecule has 0 aromatic heterocycles. The Morgan fingerprint density at radius 1 is 1.64 bits per heavy atom. The standard InChI is InChI=1S/C8H10O2S/c9-8(10)4-5-3-6-1-2-7(5)11-6/h1-2,5-7H,3-4H2,(H,9,10). The molecule has 0 aromatic carbocycles. The van der Waals surface area contributed by atoms with Crippen molar-refractivity contribution in [2.45, 2.75) is 23.3 Å². The van der Waals surface area contributed by atoms with E-state index >= 15 is 0 Å². The Balaban J connectivity index is 1.98. The molecule has 2 bridgehead atoms. The summed E-state index contributed by atoms with van der Waals surface area (Å²) < 4.78 is 0. The molecule has 1 saturated heterocycles. The quantitative estimate of drug-likeness (QED) is 0.638. The van der Waals surface area contributed by atoms with E-state index in [-0.39, 0.29) is 0 Å². The summed E-state index contributed by atoms with van der Waals surface area (Å²) in [6.07, 6.45) is 5.77. The molecule has 3 heteroatoms. The van der Waals surface area contributed by atoms with Crippen molar-refractivity contribution in [3.63, 3.8) is 0 Å². The lowest BCUT2D eigenvalue weighted by molar-refractivity contribution is -0.138. The van der Waals surface area contributed by atoms with Crippen LogP contribution in [0.1, 0.15) is 12.8 Å². The van der Waals surface area contributed by atoms with Crippen LogP contribution in [0.2, 0.25) is 0 Å². The Bertz CT molecular complexity index is 212. The number of carbonyl (C=O) groups is 1. The number of carboxylic acid groups (broad SMARTS) is 1. The molecule has 2 rings (SSSR count). The van der Waals surface area contributed by atoms with Crippen LogP contribution in [0.15, 0.2) is 12.2 Å². The van der Waals surface area contributed by atoms with Gasteiger partial charge in [-0.1, -0.05) is 12.2 Å². The second-order valence-electron chi connectivity index (χ2n) is 3.12. The van der Waals surface area contributed by atoms with Crippen LogP contribution >= 0.6 is 11.8 Å². The predicted octanol–water partition coefficient (Wildman–Crippen LogP) is 1.52. The van der Waals surface area contributed by atoms with Crippen molar-refractivity contribution in [1.29, 1.82) is 0 Å². The first-order chi connectivity index (χ1) is 5.25. The number of fused-ring (bicyclic) bond motifs is 2. The maximum absolute atomic E-state index is 10.4. The average molecular weight is 170 g/mol. The molecule has 60 valence electrons. The lowest BCUT2D eigenvalue weighted by Gasteiger charge is -2.13. The molecular weight excluding hydrogens is 160 g/mol. The lowest BCUT2D eigenvalue weighted by Crippen LogP contribution is -2.15. The molecule has 11 heavy (non-hydrogen) atoms. The van der Waals surface area contributed by atoms with Crippen LogP contribution in [0.4, 0.5) is 0 Å². The third-order valence-corrected chi connectivity index (χ3v) is 3.84. The fourth-order valence-corrected chi connectivity index (χ4v) is 3.34. The summed E-state index contributed by atoms with van der Waals surface area (Å²) >= 11 is 1.91. The monoisotopic (exact) mass is 170 g/mol. The summed E-state index contributed by atoms with van der Waals surface area (Å²) in [7, 11) is 0. The topological polar surface area (TPSA) is 37.3 Å². The largest absolute Gasteiger partial charge is 0.481 e. The van der Waals surface area contributed by atoms with E-state index in [1.54, 1.807) is 0 Å². The number of hydrogen-bond donors (Lipinski definition) is 1. The first-order valence-corrected chi connectivity index (χ1v) is 4.75. The SMILES string of the molecule is O=C(O)CC1CC2C=CC1S2. The second-order valence-corrected chi connectivity index (χ2v) is 4.54. The lowest BCUT2D eigenvalue weighted by atomic mass is 9.92. The molecule has 0 aliphatic carbocycles. The van der Waals surface area contributed by atoms with Crippen molar-refractivity contribution in [1.82, 2.24) is 0 Å². The van der Waals surface area contributed by atoms with Gasteiger partial charge in [0.05, 0.1) is 0 Å². The summed E-state index contributed by atoms with van der Waals surface area (Å²) in [6.45, 7) is 0. The van der Waals surface area contributed by atoms with Crippen LogP contribution in [0.25, 0.3) is 0 Å². The molecule has 2 aliphatic heterocycles. The van der Waals surface area contributed by atoms with Gasteiger partial charge in [-0.3, -0.25) is 4.79 Å². The van der Waals surface area contributed by atoms with E-state index in [0.717, 1.165) is 6.42 Å². The van der Waals surface area contributed by atoms with Crippen LogP contribution in [-0.2, 0) is 4.79 Å². The summed E-state index contributed by atoms with van der Waals surface area (Å²) in [6, 6.07) is 0. The Morgan fingerprint density at radius 2 is 2.45 bits per heavy atom. The number of aliphatic carboxylic acids is 1. The molecular formula is C8H10O2S. The van der Waals surface area contributed by atoms with Crippen molar-refractivity contribution < 1.29 is 9.90 Å². The molecule has 0 saturated carbocycles. The fourth-order valence-electron chi connectivity index (χ4n) is 1.78. The van der Waals surface area contributed by atoms with Crippen molar-refractivity contribution in [3.05, 3.63) is 12.2 Å². The second kappa shape index (κ2) is 2.55. The maximum Gasteiger partial charge on any atom is 0.303 e. The summed E-state index contributed by atoms with van der Waals surface area (Å²) in [5.74, 6) is -0.260. The zero-order valence-corrected chi connectivity index (χ0v) is 6.88. The van der Waals surface area contributed by atoms with Crippen LogP contribution in [0.5, 0.6) is 0 Å². The highest BCUT2D eigenvalue weighted by Gasteiger charge is 2.37. The highest BCUT2D eigenvalue weighted by Crippen LogP contribution is 2.46. The smallest absolute Gasteiger partial charge is 0.303 e. The van der Waals surface area contributed by atoms with Gasteiger partial charge < -0.3 is 5.11 Å². The van der Waals surface area contributed by atoms with Crippen LogP contribution in [0.3, 0.4) is 0 Å². The van der Waals surface area contributed by atoms with E-state index in [1.807, 2.05) is 11.8 Å². The number of rotatable bonds is 2. The van der Waals surface area contributed by atoms with E-state index in [0.29, 0.717) is 22.8 Å². The van der Waals surface area contributed by atoms with E-state index in [2.05, 4.69) is 12.2 Å². The fraction of sp³-hybridized carbons (Fsp3) is 0.625. The molecule has 3 unspecified atom stereocenters. The normalized spacial score (nSPS) is 39.8. The van der Waals surface area contributed by atoms with E-state index in [9.17, 15) is 4.79 Å². The van der Waals surface area contributed by atoms with Gasteiger partial charge >= 0.3 is 5.97 Å². The summed E-state index contributed by atoms with van der Waals surface area (Å²) in [5.41, 5.74) is 0. The van der Waals surface area contributed by atoms with Gasteiger partial charge in [-0.25, -0.2) is 0 Å².